The van der Waals surface area contributed by atoms with Crippen molar-refractivity contribution in [3.05, 3.63) is 22.4 Å². The number of carbonyl (C=O) groups excluding carboxylic acids is 1. The lowest BCUT2D eigenvalue weighted by Gasteiger charge is -2.12. The predicted molar refractivity (Wildman–Crippen MR) is 76.6 cm³/mol. The van der Waals surface area contributed by atoms with Gasteiger partial charge in [0.15, 0.2) is 0 Å². The molecule has 1 saturated carbocycles. The molecule has 2 unspecified atom stereocenters. The fourth-order valence-electron chi connectivity index (χ4n) is 2.76. The maximum absolute atomic E-state index is 12.1. The van der Waals surface area contributed by atoms with Crippen LogP contribution >= 0.6 is 15.9 Å². The molecule has 1 N–H and O–H groups in total. The van der Waals surface area contributed by atoms with Crippen LogP contribution in [-0.4, -0.2) is 17.0 Å². The van der Waals surface area contributed by atoms with Crippen molar-refractivity contribution >= 4 is 21.8 Å². The van der Waals surface area contributed by atoms with E-state index >= 15 is 0 Å². The van der Waals surface area contributed by atoms with Crippen LogP contribution in [0.1, 0.15) is 43.6 Å². The topological polar surface area (TPSA) is 34.0 Å². The van der Waals surface area contributed by atoms with Crippen LogP contribution in [0.2, 0.25) is 0 Å². The Hall–Kier alpha value is -0.770. The van der Waals surface area contributed by atoms with E-state index < -0.39 is 0 Å². The molecule has 1 fully saturated rings. The van der Waals surface area contributed by atoms with Crippen LogP contribution in [0.3, 0.4) is 0 Å². The second-order valence-electron chi connectivity index (χ2n) is 5.32. The fraction of sp³-hybridized carbons (Fsp3) is 0.643. The van der Waals surface area contributed by atoms with Gasteiger partial charge in [0.1, 0.15) is 5.69 Å². The first-order chi connectivity index (χ1) is 8.60. The van der Waals surface area contributed by atoms with Crippen LogP contribution in [0.4, 0.5) is 0 Å². The van der Waals surface area contributed by atoms with Crippen LogP contribution < -0.4 is 5.32 Å². The maximum atomic E-state index is 12.1. The Morgan fingerprint density at radius 1 is 1.56 bits per heavy atom. The monoisotopic (exact) mass is 312 g/mol. The third-order valence-corrected chi connectivity index (χ3v) is 4.22. The number of amides is 1. The Morgan fingerprint density at radius 2 is 2.33 bits per heavy atom. The summed E-state index contributed by atoms with van der Waals surface area (Å²) in [6, 6.07) is 1.89. The maximum Gasteiger partial charge on any atom is 0.267 e. The number of hydrogen-bond acceptors (Lipinski definition) is 1. The van der Waals surface area contributed by atoms with Gasteiger partial charge in [-0.2, -0.15) is 0 Å². The smallest absolute Gasteiger partial charge is 0.267 e. The Labute approximate surface area is 117 Å². The van der Waals surface area contributed by atoms with E-state index in [2.05, 4.69) is 28.2 Å². The third-order valence-electron chi connectivity index (χ3n) is 3.79. The molecule has 1 aromatic rings. The van der Waals surface area contributed by atoms with Gasteiger partial charge in [0, 0.05) is 23.8 Å². The zero-order chi connectivity index (χ0) is 13.1. The van der Waals surface area contributed by atoms with Crippen molar-refractivity contribution < 1.29 is 4.79 Å². The van der Waals surface area contributed by atoms with Gasteiger partial charge in [0.2, 0.25) is 0 Å². The highest BCUT2D eigenvalue weighted by Crippen LogP contribution is 2.29. The molecule has 0 bridgehead atoms. The number of carbonyl (C=O) groups is 1. The molecule has 3 nitrogen and oxygen atoms in total. The first kappa shape index (κ1) is 13.7. The van der Waals surface area contributed by atoms with Gasteiger partial charge in [0.05, 0.1) is 0 Å². The second-order valence-corrected chi connectivity index (χ2v) is 6.24. The first-order valence-corrected chi connectivity index (χ1v) is 7.53. The minimum absolute atomic E-state index is 0.0436. The van der Waals surface area contributed by atoms with Crippen LogP contribution in [0.5, 0.6) is 0 Å². The van der Waals surface area contributed by atoms with Crippen molar-refractivity contribution in [3.8, 4) is 0 Å². The SMILES string of the molecule is CCn1cc(Br)cc1C(=O)NCC1CCC(C)C1. The minimum Gasteiger partial charge on any atom is -0.350 e. The van der Waals surface area contributed by atoms with Crippen molar-refractivity contribution in [2.75, 3.05) is 6.54 Å². The van der Waals surface area contributed by atoms with E-state index in [0.717, 1.165) is 29.2 Å². The first-order valence-electron chi connectivity index (χ1n) is 6.74. The van der Waals surface area contributed by atoms with E-state index in [9.17, 15) is 4.79 Å². The van der Waals surface area contributed by atoms with Crippen LogP contribution in [0, 0.1) is 11.8 Å². The number of halogens is 1. The lowest BCUT2D eigenvalue weighted by atomic mass is 10.1. The van der Waals surface area contributed by atoms with Gasteiger partial charge in [-0.25, -0.2) is 0 Å². The van der Waals surface area contributed by atoms with E-state index in [0.29, 0.717) is 5.92 Å². The Kier molecular flexibility index (Phi) is 4.49. The van der Waals surface area contributed by atoms with Gasteiger partial charge in [-0.1, -0.05) is 13.3 Å². The lowest BCUT2D eigenvalue weighted by Crippen LogP contribution is -2.30. The molecule has 0 aromatic carbocycles. The Balaban J connectivity index is 1.91. The third kappa shape index (κ3) is 3.16. The molecule has 2 rings (SSSR count). The van der Waals surface area contributed by atoms with E-state index in [-0.39, 0.29) is 5.91 Å². The summed E-state index contributed by atoms with van der Waals surface area (Å²) in [5, 5.41) is 3.07. The summed E-state index contributed by atoms with van der Waals surface area (Å²) in [5.41, 5.74) is 0.746. The van der Waals surface area contributed by atoms with Gasteiger partial charge in [-0.05, 0) is 53.6 Å². The molecule has 1 heterocycles. The van der Waals surface area contributed by atoms with Crippen molar-refractivity contribution in [2.45, 2.75) is 39.7 Å². The molecule has 4 heteroatoms. The van der Waals surface area contributed by atoms with E-state index in [1.807, 2.05) is 23.8 Å². The quantitative estimate of drug-likeness (QED) is 0.908. The Morgan fingerprint density at radius 3 is 2.94 bits per heavy atom. The molecule has 2 atom stereocenters. The molecule has 0 radical (unpaired) electrons. The molecule has 0 saturated heterocycles. The number of nitrogens with zero attached hydrogens (tertiary/aromatic N) is 1. The standard InChI is InChI=1S/C14H21BrN2O/c1-3-17-9-12(15)7-13(17)14(18)16-8-11-5-4-10(2)6-11/h7,9-11H,3-6,8H2,1-2H3,(H,16,18). The molecule has 100 valence electrons. The molecular weight excluding hydrogens is 292 g/mol. The molecule has 1 amide bonds. The fourth-order valence-corrected chi connectivity index (χ4v) is 3.23. The van der Waals surface area contributed by atoms with Crippen molar-refractivity contribution in [1.82, 2.24) is 9.88 Å². The van der Waals surface area contributed by atoms with E-state index in [4.69, 9.17) is 0 Å². The molecule has 1 aliphatic carbocycles. The van der Waals surface area contributed by atoms with Crippen LogP contribution in [-0.2, 0) is 6.54 Å². The van der Waals surface area contributed by atoms with Crippen molar-refractivity contribution in [1.29, 1.82) is 0 Å². The summed E-state index contributed by atoms with van der Waals surface area (Å²) in [6.45, 7) is 5.97. The van der Waals surface area contributed by atoms with Crippen LogP contribution in [0.25, 0.3) is 0 Å². The molecule has 18 heavy (non-hydrogen) atoms. The highest BCUT2D eigenvalue weighted by Gasteiger charge is 2.22. The normalized spacial score (nSPS) is 23.3. The average molecular weight is 313 g/mol. The molecule has 0 spiro atoms. The summed E-state index contributed by atoms with van der Waals surface area (Å²) < 4.78 is 2.93. The largest absolute Gasteiger partial charge is 0.350 e. The molecule has 1 aliphatic rings. The average Bonchev–Trinajstić information content (AvgIpc) is 2.92. The molecular formula is C14H21BrN2O. The van der Waals surface area contributed by atoms with Gasteiger partial charge in [-0.3, -0.25) is 4.79 Å². The summed E-state index contributed by atoms with van der Waals surface area (Å²) in [6.07, 6.45) is 5.75. The van der Waals surface area contributed by atoms with Crippen molar-refractivity contribution in [3.63, 3.8) is 0 Å². The lowest BCUT2D eigenvalue weighted by molar-refractivity contribution is 0.0938. The second kappa shape index (κ2) is 5.91. The van der Waals surface area contributed by atoms with E-state index in [1.54, 1.807) is 0 Å². The number of aryl methyl sites for hydroxylation is 1. The van der Waals surface area contributed by atoms with Gasteiger partial charge in [0.25, 0.3) is 5.91 Å². The predicted octanol–water partition coefficient (Wildman–Crippen LogP) is 3.44. The Bertz CT molecular complexity index is 427. The van der Waals surface area contributed by atoms with Gasteiger partial charge < -0.3 is 9.88 Å². The number of nitrogens with one attached hydrogen (secondary N) is 1. The summed E-state index contributed by atoms with van der Waals surface area (Å²) in [4.78, 5) is 12.1. The van der Waals surface area contributed by atoms with Gasteiger partial charge in [-0.15, -0.1) is 0 Å². The molecule has 1 aromatic heterocycles. The highest BCUT2D eigenvalue weighted by molar-refractivity contribution is 9.10. The highest BCUT2D eigenvalue weighted by atomic mass is 79.9. The van der Waals surface area contributed by atoms with Gasteiger partial charge >= 0.3 is 0 Å². The van der Waals surface area contributed by atoms with Crippen LogP contribution in [0.15, 0.2) is 16.7 Å². The zero-order valence-corrected chi connectivity index (χ0v) is 12.7. The number of rotatable bonds is 4. The number of hydrogen-bond donors (Lipinski definition) is 1. The minimum atomic E-state index is 0.0436. The summed E-state index contributed by atoms with van der Waals surface area (Å²) >= 11 is 3.42. The van der Waals surface area contributed by atoms with E-state index in [1.165, 1.54) is 19.3 Å². The molecule has 0 aliphatic heterocycles. The zero-order valence-electron chi connectivity index (χ0n) is 11.1. The number of aromatic nitrogens is 1. The van der Waals surface area contributed by atoms with Crippen molar-refractivity contribution in [2.24, 2.45) is 11.8 Å². The summed E-state index contributed by atoms with van der Waals surface area (Å²) in [7, 11) is 0. The summed E-state index contributed by atoms with van der Waals surface area (Å²) in [5.74, 6) is 1.53.